The Kier molecular flexibility index (Phi) is 4.53. The number of halogens is 5. The van der Waals surface area contributed by atoms with Crippen LogP contribution in [0.15, 0.2) is 0 Å². The van der Waals surface area contributed by atoms with Gasteiger partial charge < -0.3 is 5.11 Å². The highest BCUT2D eigenvalue weighted by molar-refractivity contribution is 5.24. The average molecular weight is 309 g/mol. The second-order valence-corrected chi connectivity index (χ2v) is 5.68. The Balaban J connectivity index is 2.24. The molecule has 0 bridgehead atoms. The maximum absolute atomic E-state index is 13.6. The topological polar surface area (TPSA) is 23.5 Å². The van der Waals surface area contributed by atoms with E-state index < -0.39 is 40.3 Å². The van der Waals surface area contributed by atoms with E-state index in [2.05, 4.69) is 0 Å². The Labute approximate surface area is 119 Å². The summed E-state index contributed by atoms with van der Waals surface area (Å²) in [7, 11) is 0. The largest absolute Gasteiger partial charge is 0.390 e. The Morgan fingerprint density at radius 1 is 0.905 bits per heavy atom. The van der Waals surface area contributed by atoms with E-state index in [4.69, 9.17) is 0 Å². The lowest BCUT2D eigenvalue weighted by Crippen LogP contribution is -2.29. The lowest BCUT2D eigenvalue weighted by molar-refractivity contribution is 0.0443. The Bertz CT molecular complexity index is 518. The van der Waals surface area contributed by atoms with Gasteiger partial charge in [0.15, 0.2) is 23.3 Å². The number of nitrogens with zero attached hydrogens (tertiary/aromatic N) is 1. The van der Waals surface area contributed by atoms with Crippen molar-refractivity contribution in [3.05, 3.63) is 34.6 Å². The number of aliphatic hydroxyl groups is 1. The summed E-state index contributed by atoms with van der Waals surface area (Å²) >= 11 is 0. The van der Waals surface area contributed by atoms with Gasteiger partial charge in [-0.25, -0.2) is 22.0 Å². The molecule has 1 aromatic carbocycles. The summed E-state index contributed by atoms with van der Waals surface area (Å²) in [5.74, 6) is -9.58. The van der Waals surface area contributed by atoms with Crippen molar-refractivity contribution in [3.8, 4) is 0 Å². The molecule has 118 valence electrons. The molecule has 1 saturated heterocycles. The highest BCUT2D eigenvalue weighted by Crippen LogP contribution is 2.26. The standard InChI is InChI=1S/C14H16F5NO/c1-14(21)3-2-5-20(6-4-14)7-8-9(15)11(17)13(19)12(18)10(8)16/h21H,2-7H2,1H3. The van der Waals surface area contributed by atoms with Gasteiger partial charge in [-0.15, -0.1) is 0 Å². The highest BCUT2D eigenvalue weighted by Gasteiger charge is 2.29. The maximum atomic E-state index is 13.6. The summed E-state index contributed by atoms with van der Waals surface area (Å²) in [5.41, 5.74) is -1.70. The van der Waals surface area contributed by atoms with Crippen molar-refractivity contribution >= 4 is 0 Å². The van der Waals surface area contributed by atoms with E-state index in [0.29, 0.717) is 32.4 Å². The molecule has 1 aliphatic rings. The van der Waals surface area contributed by atoms with Gasteiger partial charge in [-0.2, -0.15) is 0 Å². The second-order valence-electron chi connectivity index (χ2n) is 5.68. The van der Waals surface area contributed by atoms with Gasteiger partial charge in [0.25, 0.3) is 0 Å². The number of hydrogen-bond acceptors (Lipinski definition) is 2. The van der Waals surface area contributed by atoms with Crippen LogP contribution in [0.5, 0.6) is 0 Å². The van der Waals surface area contributed by atoms with E-state index in [0.717, 1.165) is 0 Å². The first-order valence-corrected chi connectivity index (χ1v) is 6.68. The van der Waals surface area contributed by atoms with Crippen molar-refractivity contribution in [1.29, 1.82) is 0 Å². The fourth-order valence-corrected chi connectivity index (χ4v) is 2.49. The van der Waals surface area contributed by atoms with Gasteiger partial charge >= 0.3 is 0 Å². The summed E-state index contributed by atoms with van der Waals surface area (Å²) in [5, 5.41) is 9.93. The zero-order valence-electron chi connectivity index (χ0n) is 11.5. The van der Waals surface area contributed by atoms with Gasteiger partial charge in [-0.05, 0) is 32.7 Å². The summed E-state index contributed by atoms with van der Waals surface area (Å²) in [6.07, 6.45) is 1.49. The molecule has 1 heterocycles. The van der Waals surface area contributed by atoms with E-state index >= 15 is 0 Å². The lowest BCUT2D eigenvalue weighted by Gasteiger charge is -2.23. The van der Waals surface area contributed by atoms with Crippen molar-refractivity contribution in [1.82, 2.24) is 4.90 Å². The molecule has 0 radical (unpaired) electrons. The zero-order valence-corrected chi connectivity index (χ0v) is 11.5. The summed E-state index contributed by atoms with van der Waals surface area (Å²) < 4.78 is 66.5. The first-order valence-electron chi connectivity index (χ1n) is 6.68. The van der Waals surface area contributed by atoms with Crippen LogP contribution in [0.25, 0.3) is 0 Å². The molecule has 1 aromatic rings. The van der Waals surface area contributed by atoms with E-state index in [1.54, 1.807) is 11.8 Å². The van der Waals surface area contributed by atoms with Crippen LogP contribution in [0.2, 0.25) is 0 Å². The monoisotopic (exact) mass is 309 g/mol. The summed E-state index contributed by atoms with van der Waals surface area (Å²) in [4.78, 5) is 1.58. The van der Waals surface area contributed by atoms with Crippen molar-refractivity contribution in [2.45, 2.75) is 38.3 Å². The minimum atomic E-state index is -2.15. The van der Waals surface area contributed by atoms with Crippen molar-refractivity contribution in [3.63, 3.8) is 0 Å². The normalized spacial score (nSPS) is 24.1. The first kappa shape index (κ1) is 16.2. The molecule has 2 nitrogen and oxygen atoms in total. The lowest BCUT2D eigenvalue weighted by atomic mass is 9.98. The Morgan fingerprint density at radius 2 is 1.43 bits per heavy atom. The van der Waals surface area contributed by atoms with E-state index in [9.17, 15) is 27.1 Å². The first-order chi connectivity index (χ1) is 9.73. The third-order valence-electron chi connectivity index (χ3n) is 3.84. The van der Waals surface area contributed by atoms with E-state index in [-0.39, 0.29) is 6.54 Å². The molecule has 7 heteroatoms. The molecular formula is C14H16F5NO. The highest BCUT2D eigenvalue weighted by atomic mass is 19.2. The molecule has 1 unspecified atom stereocenters. The van der Waals surface area contributed by atoms with Crippen LogP contribution in [-0.4, -0.2) is 28.7 Å². The van der Waals surface area contributed by atoms with Crippen LogP contribution in [-0.2, 0) is 6.54 Å². The third-order valence-corrected chi connectivity index (χ3v) is 3.84. The van der Waals surface area contributed by atoms with Gasteiger partial charge in [-0.1, -0.05) is 0 Å². The van der Waals surface area contributed by atoms with Crippen LogP contribution >= 0.6 is 0 Å². The molecule has 1 aliphatic heterocycles. The zero-order chi connectivity index (χ0) is 15.8. The molecule has 0 amide bonds. The van der Waals surface area contributed by atoms with Crippen LogP contribution in [0.3, 0.4) is 0 Å². The van der Waals surface area contributed by atoms with Gasteiger partial charge in [0.1, 0.15) is 0 Å². The Morgan fingerprint density at radius 3 is 2.00 bits per heavy atom. The minimum absolute atomic E-state index is 0.326. The summed E-state index contributed by atoms with van der Waals surface area (Å²) in [6.45, 7) is 2.04. The molecule has 1 N–H and O–H groups in total. The molecule has 0 saturated carbocycles. The van der Waals surface area contributed by atoms with Crippen LogP contribution in [0, 0.1) is 29.1 Å². The van der Waals surface area contributed by atoms with E-state index in [1.165, 1.54) is 0 Å². The molecule has 0 aliphatic carbocycles. The number of benzene rings is 1. The molecule has 0 spiro atoms. The summed E-state index contributed by atoms with van der Waals surface area (Å²) in [6, 6.07) is 0. The molecule has 1 atom stereocenters. The number of hydrogen-bond donors (Lipinski definition) is 1. The fourth-order valence-electron chi connectivity index (χ4n) is 2.49. The van der Waals surface area contributed by atoms with E-state index in [1.807, 2.05) is 0 Å². The smallest absolute Gasteiger partial charge is 0.200 e. The fraction of sp³-hybridized carbons (Fsp3) is 0.571. The van der Waals surface area contributed by atoms with Crippen molar-refractivity contribution in [2.24, 2.45) is 0 Å². The predicted octanol–water partition coefficient (Wildman–Crippen LogP) is 3.12. The quantitative estimate of drug-likeness (QED) is 0.515. The molecule has 1 fully saturated rings. The minimum Gasteiger partial charge on any atom is -0.390 e. The molecule has 0 aromatic heterocycles. The third kappa shape index (κ3) is 3.35. The number of likely N-dealkylation sites (tertiary alicyclic amines) is 1. The maximum Gasteiger partial charge on any atom is 0.200 e. The van der Waals surface area contributed by atoms with Crippen LogP contribution in [0.4, 0.5) is 22.0 Å². The molecule has 2 rings (SSSR count). The van der Waals surface area contributed by atoms with Gasteiger partial charge in [0.05, 0.1) is 5.60 Å². The van der Waals surface area contributed by atoms with Gasteiger partial charge in [0, 0.05) is 18.7 Å². The average Bonchev–Trinajstić information content (AvgIpc) is 2.60. The van der Waals surface area contributed by atoms with Gasteiger partial charge in [-0.3, -0.25) is 4.90 Å². The van der Waals surface area contributed by atoms with Crippen molar-refractivity contribution < 1.29 is 27.1 Å². The predicted molar refractivity (Wildman–Crippen MR) is 66.0 cm³/mol. The molecule has 21 heavy (non-hydrogen) atoms. The SMILES string of the molecule is CC1(O)CCCN(Cc2c(F)c(F)c(F)c(F)c2F)CC1. The van der Waals surface area contributed by atoms with Gasteiger partial charge in [0.2, 0.25) is 5.82 Å². The van der Waals surface area contributed by atoms with Crippen LogP contribution in [0.1, 0.15) is 31.7 Å². The molecular weight excluding hydrogens is 293 g/mol. The second kappa shape index (κ2) is 5.88. The van der Waals surface area contributed by atoms with Crippen LogP contribution < -0.4 is 0 Å². The number of rotatable bonds is 2. The van der Waals surface area contributed by atoms with Crippen molar-refractivity contribution in [2.75, 3.05) is 13.1 Å². The Hall–Kier alpha value is -1.21.